The van der Waals surface area contributed by atoms with Crippen molar-refractivity contribution >= 4 is 20.0 Å². The van der Waals surface area contributed by atoms with Crippen molar-refractivity contribution < 1.29 is 23.8 Å². The molecule has 2 atom stereocenters. The normalized spacial score (nSPS) is 23.6. The maximum Gasteiger partial charge on any atom is 0.338 e. The maximum absolute atomic E-state index is 13.7. The first-order valence-corrected chi connectivity index (χ1v) is 14.1. The summed E-state index contributed by atoms with van der Waals surface area (Å²) < 4.78 is 17.0. The van der Waals surface area contributed by atoms with Gasteiger partial charge in [-0.3, -0.25) is 4.79 Å². The van der Waals surface area contributed by atoms with Crippen molar-refractivity contribution in [2.75, 3.05) is 13.7 Å². The van der Waals surface area contributed by atoms with Crippen LogP contribution in [0.1, 0.15) is 37.3 Å². The molecule has 6 heteroatoms. The van der Waals surface area contributed by atoms with E-state index in [4.69, 9.17) is 14.2 Å². The van der Waals surface area contributed by atoms with Gasteiger partial charge in [0.05, 0.1) is 13.7 Å². The zero-order valence-electron chi connectivity index (χ0n) is 19.0. The number of allylic oxidation sites excluding steroid dienone is 1. The molecule has 162 valence electrons. The molecule has 0 fully saturated rings. The maximum atomic E-state index is 13.7. The summed E-state index contributed by atoms with van der Waals surface area (Å²) in [6, 6.07) is 6.88. The minimum Gasteiger partial charge on any atom is -0.497 e. The minimum absolute atomic E-state index is 0.219. The van der Waals surface area contributed by atoms with E-state index in [9.17, 15) is 9.59 Å². The number of benzene rings is 1. The summed E-state index contributed by atoms with van der Waals surface area (Å²) in [5, 5.41) is 0. The molecule has 0 spiro atoms. The van der Waals surface area contributed by atoms with E-state index in [2.05, 4.69) is 25.7 Å². The van der Waals surface area contributed by atoms with Crippen molar-refractivity contribution in [3.63, 3.8) is 0 Å². The number of fused-ring (bicyclic) bond motifs is 1. The third-order valence-electron chi connectivity index (χ3n) is 6.23. The quantitative estimate of drug-likeness (QED) is 0.464. The molecule has 1 aromatic rings. The molecule has 3 rings (SSSR count). The van der Waals surface area contributed by atoms with Gasteiger partial charge in [0.25, 0.3) is 0 Å². The topological polar surface area (TPSA) is 61.8 Å². The zero-order valence-corrected chi connectivity index (χ0v) is 20.0. The largest absolute Gasteiger partial charge is 0.497 e. The molecule has 30 heavy (non-hydrogen) atoms. The second-order valence-corrected chi connectivity index (χ2v) is 15.2. The third-order valence-corrected chi connectivity index (χ3v) is 7.94. The molecule has 1 aliphatic carbocycles. The molecular weight excluding hydrogens is 396 g/mol. The number of carbonyl (C=O) groups excluding carboxylic acids is 2. The summed E-state index contributed by atoms with van der Waals surface area (Å²) in [5.74, 6) is 0.195. The van der Waals surface area contributed by atoms with Crippen molar-refractivity contribution in [1.82, 2.24) is 0 Å². The van der Waals surface area contributed by atoms with Gasteiger partial charge in [0, 0.05) is 19.6 Å². The highest BCUT2D eigenvalue weighted by Crippen LogP contribution is 2.58. The van der Waals surface area contributed by atoms with Gasteiger partial charge in [-0.1, -0.05) is 25.7 Å². The summed E-state index contributed by atoms with van der Waals surface area (Å²) in [7, 11) is 0.276. The lowest BCUT2D eigenvalue weighted by atomic mass is 9.66. The van der Waals surface area contributed by atoms with E-state index in [1.54, 1.807) is 14.0 Å². The van der Waals surface area contributed by atoms with Crippen LogP contribution in [0.15, 0.2) is 41.2 Å². The second-order valence-electron chi connectivity index (χ2n) is 9.53. The van der Waals surface area contributed by atoms with Gasteiger partial charge in [0.1, 0.15) is 11.5 Å². The van der Waals surface area contributed by atoms with Crippen molar-refractivity contribution in [2.45, 2.75) is 58.8 Å². The minimum atomic E-state index is -1.36. The van der Waals surface area contributed by atoms with E-state index >= 15 is 0 Å². The van der Waals surface area contributed by atoms with Gasteiger partial charge in [0.15, 0.2) is 5.41 Å². The molecule has 1 aliphatic heterocycles. The van der Waals surface area contributed by atoms with Gasteiger partial charge in [0.2, 0.25) is 0 Å². The van der Waals surface area contributed by atoms with Crippen LogP contribution in [0, 0.1) is 12.3 Å². The average molecular weight is 429 g/mol. The van der Waals surface area contributed by atoms with Crippen LogP contribution < -0.4 is 4.74 Å². The molecule has 0 saturated carbocycles. The Bertz CT molecular complexity index is 937. The lowest BCUT2D eigenvalue weighted by Gasteiger charge is -2.40. The van der Waals surface area contributed by atoms with Gasteiger partial charge >= 0.3 is 11.9 Å². The summed E-state index contributed by atoms with van der Waals surface area (Å²) >= 11 is 0. The molecule has 0 bridgehead atoms. The van der Waals surface area contributed by atoms with E-state index in [0.717, 1.165) is 22.9 Å². The summed E-state index contributed by atoms with van der Waals surface area (Å²) in [5.41, 5.74) is 2.10. The molecule has 0 aromatic heterocycles. The molecule has 0 N–H and O–H groups in total. The van der Waals surface area contributed by atoms with E-state index in [1.165, 1.54) is 0 Å². The van der Waals surface area contributed by atoms with Crippen molar-refractivity contribution in [3.05, 3.63) is 52.3 Å². The fourth-order valence-electron chi connectivity index (χ4n) is 4.37. The number of ether oxygens (including phenoxy) is 3. The van der Waals surface area contributed by atoms with Gasteiger partial charge < -0.3 is 14.2 Å². The Hall–Kier alpha value is -2.34. The average Bonchev–Trinajstić information content (AvgIpc) is 3.04. The van der Waals surface area contributed by atoms with Crippen LogP contribution in [0.2, 0.25) is 25.7 Å². The molecule has 0 amide bonds. The first-order valence-electron chi connectivity index (χ1n) is 10.4. The third kappa shape index (κ3) is 3.85. The fourth-order valence-corrected chi connectivity index (χ4v) is 5.08. The summed E-state index contributed by atoms with van der Waals surface area (Å²) in [6.45, 7) is 12.7. The van der Waals surface area contributed by atoms with E-state index in [1.807, 2.05) is 32.1 Å². The molecule has 0 unspecified atom stereocenters. The number of esters is 2. The van der Waals surface area contributed by atoms with Crippen LogP contribution in [0.4, 0.5) is 0 Å². The Morgan fingerprint density at radius 2 is 1.90 bits per heavy atom. The standard InChI is InChI=1S/C24H32O5Si/c1-15-12-18(14-19(13-15)27-4)20-8-9-21-24(20,17(3)16(2)22(25)29-21)23(26)28-10-11-30(5,6)7/h9,12-14,20H,8,10-11H2,1-7H3/t20-,24+/m0/s1. The molecule has 0 radical (unpaired) electrons. The lowest BCUT2D eigenvalue weighted by Crippen LogP contribution is -2.44. The highest BCUT2D eigenvalue weighted by atomic mass is 28.3. The summed E-state index contributed by atoms with van der Waals surface area (Å²) in [6.07, 6.45) is 2.45. The predicted molar refractivity (Wildman–Crippen MR) is 119 cm³/mol. The highest BCUT2D eigenvalue weighted by molar-refractivity contribution is 6.76. The van der Waals surface area contributed by atoms with Crippen LogP contribution in [-0.2, 0) is 19.1 Å². The van der Waals surface area contributed by atoms with Crippen LogP contribution >= 0.6 is 0 Å². The number of carbonyl (C=O) groups is 2. The molecule has 2 aliphatic rings. The Kier molecular flexibility index (Phi) is 6.00. The monoisotopic (exact) mass is 428 g/mol. The number of rotatable bonds is 6. The second kappa shape index (κ2) is 8.06. The number of aryl methyl sites for hydroxylation is 1. The van der Waals surface area contributed by atoms with E-state index in [-0.39, 0.29) is 11.9 Å². The molecule has 1 aromatic carbocycles. The van der Waals surface area contributed by atoms with Gasteiger partial charge in [-0.25, -0.2) is 4.79 Å². The van der Waals surface area contributed by atoms with Crippen molar-refractivity contribution in [3.8, 4) is 5.75 Å². The molecule has 5 nitrogen and oxygen atoms in total. The van der Waals surface area contributed by atoms with Crippen LogP contribution in [0.3, 0.4) is 0 Å². The Morgan fingerprint density at radius 3 is 2.53 bits per heavy atom. The fraction of sp³-hybridized carbons (Fsp3) is 0.500. The smallest absolute Gasteiger partial charge is 0.338 e. The Morgan fingerprint density at radius 1 is 1.20 bits per heavy atom. The lowest BCUT2D eigenvalue weighted by molar-refractivity contribution is -0.156. The van der Waals surface area contributed by atoms with E-state index < -0.39 is 19.5 Å². The molecule has 0 saturated heterocycles. The van der Waals surface area contributed by atoms with Crippen LogP contribution in [0.5, 0.6) is 5.75 Å². The van der Waals surface area contributed by atoms with Crippen LogP contribution in [-0.4, -0.2) is 33.7 Å². The SMILES string of the molecule is COc1cc(C)cc([C@@H]2CC=C3OC(=O)C(C)=C(C)[C@]32C(=O)OCC[Si](C)(C)C)c1. The summed E-state index contributed by atoms with van der Waals surface area (Å²) in [4.78, 5) is 26.0. The first kappa shape index (κ1) is 22.3. The highest BCUT2D eigenvalue weighted by Gasteiger charge is 2.59. The van der Waals surface area contributed by atoms with Crippen molar-refractivity contribution in [2.24, 2.45) is 5.41 Å². The van der Waals surface area contributed by atoms with E-state index in [0.29, 0.717) is 29.9 Å². The predicted octanol–water partition coefficient (Wildman–Crippen LogP) is 5.14. The van der Waals surface area contributed by atoms with Gasteiger partial charge in [-0.15, -0.1) is 0 Å². The van der Waals surface area contributed by atoms with Crippen LogP contribution in [0.25, 0.3) is 0 Å². The number of hydrogen-bond acceptors (Lipinski definition) is 5. The first-order chi connectivity index (χ1) is 14.0. The Labute approximate surface area is 180 Å². The zero-order chi connectivity index (χ0) is 22.3. The number of hydrogen-bond donors (Lipinski definition) is 0. The van der Waals surface area contributed by atoms with Crippen molar-refractivity contribution in [1.29, 1.82) is 0 Å². The Balaban J connectivity index is 2.09. The van der Waals surface area contributed by atoms with Gasteiger partial charge in [-0.2, -0.15) is 0 Å². The molecule has 1 heterocycles. The van der Waals surface area contributed by atoms with Gasteiger partial charge in [-0.05, 0) is 68.1 Å². The molecular formula is C24H32O5Si. The number of methoxy groups -OCH3 is 1.